The maximum Gasteiger partial charge on any atom is 0.229 e. The molecule has 0 unspecified atom stereocenters. The number of hydrogen-bond donors (Lipinski definition) is 1. The third-order valence-electron chi connectivity index (χ3n) is 3.80. The molecule has 2 heterocycles. The minimum absolute atomic E-state index is 0.359. The number of nitrogens with one attached hydrogen (secondary N) is 1. The van der Waals surface area contributed by atoms with Crippen molar-refractivity contribution in [3.05, 3.63) is 29.2 Å². The van der Waals surface area contributed by atoms with E-state index in [4.69, 9.17) is 4.52 Å². The number of aromatic nitrogens is 4. The molecule has 0 aromatic carbocycles. The molecule has 0 radical (unpaired) electrons. The van der Waals surface area contributed by atoms with Gasteiger partial charge in [0, 0.05) is 30.6 Å². The van der Waals surface area contributed by atoms with E-state index in [1.807, 2.05) is 11.6 Å². The van der Waals surface area contributed by atoms with Gasteiger partial charge in [0.05, 0.1) is 12.2 Å². The summed E-state index contributed by atoms with van der Waals surface area (Å²) in [6, 6.07) is 2.46. The van der Waals surface area contributed by atoms with Gasteiger partial charge in [0.2, 0.25) is 5.89 Å². The minimum atomic E-state index is 0.359. The van der Waals surface area contributed by atoms with Crippen LogP contribution in [0.1, 0.15) is 48.8 Å². The van der Waals surface area contributed by atoms with E-state index in [2.05, 4.69) is 40.5 Å². The van der Waals surface area contributed by atoms with Crippen molar-refractivity contribution >= 4 is 0 Å². The van der Waals surface area contributed by atoms with Crippen molar-refractivity contribution in [1.82, 2.24) is 25.2 Å². The first-order valence-electron chi connectivity index (χ1n) is 7.68. The van der Waals surface area contributed by atoms with Crippen molar-refractivity contribution in [3.63, 3.8) is 0 Å². The van der Waals surface area contributed by atoms with Crippen LogP contribution in [0.3, 0.4) is 0 Å². The molecule has 1 fully saturated rings. The molecule has 6 heteroatoms. The maximum absolute atomic E-state index is 5.26. The van der Waals surface area contributed by atoms with Crippen LogP contribution >= 0.6 is 0 Å². The first-order valence-corrected chi connectivity index (χ1v) is 7.68. The standard InChI is InChI=1S/C15H23N5O/c1-10-8-12(3)20(18-10)9-11(2)16-7-6-14-17-15(21-19-14)13-4-5-13/h8,11,13,16H,4-7,9H2,1-3H3/t11-/m0/s1. The lowest BCUT2D eigenvalue weighted by atomic mass is 10.3. The Labute approximate surface area is 124 Å². The topological polar surface area (TPSA) is 68.8 Å². The molecule has 1 aliphatic rings. The number of hydrogen-bond acceptors (Lipinski definition) is 5. The highest BCUT2D eigenvalue weighted by molar-refractivity contribution is 5.06. The molecule has 2 aromatic rings. The fourth-order valence-electron chi connectivity index (χ4n) is 2.48. The zero-order chi connectivity index (χ0) is 14.8. The van der Waals surface area contributed by atoms with Gasteiger partial charge in [-0.05, 0) is 39.7 Å². The molecule has 1 atom stereocenters. The maximum atomic E-state index is 5.26. The van der Waals surface area contributed by atoms with Crippen molar-refractivity contribution in [2.24, 2.45) is 0 Å². The molecular weight excluding hydrogens is 266 g/mol. The Kier molecular flexibility index (Phi) is 4.05. The highest BCUT2D eigenvalue weighted by Gasteiger charge is 2.29. The number of aryl methyl sites for hydroxylation is 2. The Bertz CT molecular complexity index is 599. The highest BCUT2D eigenvalue weighted by atomic mass is 16.5. The summed E-state index contributed by atoms with van der Waals surface area (Å²) in [5, 5.41) is 12.0. The molecule has 1 N–H and O–H groups in total. The van der Waals surface area contributed by atoms with Crippen LogP contribution in [0.4, 0.5) is 0 Å². The average molecular weight is 289 g/mol. The van der Waals surface area contributed by atoms with Gasteiger partial charge >= 0.3 is 0 Å². The second-order valence-corrected chi connectivity index (χ2v) is 6.04. The Morgan fingerprint density at radius 3 is 2.90 bits per heavy atom. The summed E-state index contributed by atoms with van der Waals surface area (Å²) in [6.45, 7) is 8.01. The zero-order valence-electron chi connectivity index (χ0n) is 13.0. The lowest BCUT2D eigenvalue weighted by Gasteiger charge is -2.14. The van der Waals surface area contributed by atoms with Gasteiger partial charge in [-0.2, -0.15) is 10.1 Å². The fraction of sp³-hybridized carbons (Fsp3) is 0.667. The quantitative estimate of drug-likeness (QED) is 0.844. The van der Waals surface area contributed by atoms with Gasteiger partial charge in [0.1, 0.15) is 0 Å². The summed E-state index contributed by atoms with van der Waals surface area (Å²) in [6.07, 6.45) is 3.19. The Morgan fingerprint density at radius 1 is 1.43 bits per heavy atom. The predicted molar refractivity (Wildman–Crippen MR) is 79.1 cm³/mol. The second-order valence-electron chi connectivity index (χ2n) is 6.04. The van der Waals surface area contributed by atoms with E-state index in [-0.39, 0.29) is 0 Å². The van der Waals surface area contributed by atoms with Crippen LogP contribution in [0, 0.1) is 13.8 Å². The summed E-state index contributed by atoms with van der Waals surface area (Å²) in [5.41, 5.74) is 2.27. The molecule has 0 aliphatic heterocycles. The van der Waals surface area contributed by atoms with Gasteiger partial charge in [-0.25, -0.2) is 0 Å². The lowest BCUT2D eigenvalue weighted by Crippen LogP contribution is -2.32. The SMILES string of the molecule is Cc1cc(C)n(C[C@H](C)NCCc2noc(C3CC3)n2)n1. The van der Waals surface area contributed by atoms with E-state index < -0.39 is 0 Å². The first kappa shape index (κ1) is 14.3. The average Bonchev–Trinajstić information content (AvgIpc) is 3.09. The molecule has 3 rings (SSSR count). The van der Waals surface area contributed by atoms with E-state index in [9.17, 15) is 0 Å². The lowest BCUT2D eigenvalue weighted by molar-refractivity contribution is 0.372. The van der Waals surface area contributed by atoms with Crippen LogP contribution in [0.5, 0.6) is 0 Å². The van der Waals surface area contributed by atoms with E-state index in [1.165, 1.54) is 18.5 Å². The van der Waals surface area contributed by atoms with Gasteiger partial charge in [0.25, 0.3) is 0 Å². The third kappa shape index (κ3) is 3.69. The molecule has 114 valence electrons. The molecule has 0 spiro atoms. The van der Waals surface area contributed by atoms with Crippen LogP contribution < -0.4 is 5.32 Å². The first-order chi connectivity index (χ1) is 10.1. The second kappa shape index (κ2) is 5.97. The van der Waals surface area contributed by atoms with E-state index in [0.717, 1.165) is 36.9 Å². The van der Waals surface area contributed by atoms with Crippen LogP contribution in [0.25, 0.3) is 0 Å². The van der Waals surface area contributed by atoms with Gasteiger partial charge < -0.3 is 9.84 Å². The van der Waals surface area contributed by atoms with Crippen molar-refractivity contribution in [3.8, 4) is 0 Å². The van der Waals surface area contributed by atoms with Crippen molar-refractivity contribution < 1.29 is 4.52 Å². The van der Waals surface area contributed by atoms with E-state index in [0.29, 0.717) is 12.0 Å². The van der Waals surface area contributed by atoms with Crippen molar-refractivity contribution in [1.29, 1.82) is 0 Å². The monoisotopic (exact) mass is 289 g/mol. The van der Waals surface area contributed by atoms with E-state index >= 15 is 0 Å². The fourth-order valence-corrected chi connectivity index (χ4v) is 2.48. The molecule has 2 aromatic heterocycles. The van der Waals surface area contributed by atoms with Crippen LogP contribution in [-0.4, -0.2) is 32.5 Å². The van der Waals surface area contributed by atoms with E-state index in [1.54, 1.807) is 0 Å². The Balaban J connectivity index is 1.42. The zero-order valence-corrected chi connectivity index (χ0v) is 13.0. The van der Waals surface area contributed by atoms with Gasteiger partial charge in [-0.1, -0.05) is 5.16 Å². The molecule has 0 saturated heterocycles. The largest absolute Gasteiger partial charge is 0.339 e. The van der Waals surface area contributed by atoms with Gasteiger partial charge in [0.15, 0.2) is 5.82 Å². The van der Waals surface area contributed by atoms with Crippen molar-refractivity contribution in [2.45, 2.75) is 58.5 Å². The number of rotatable bonds is 7. The molecule has 0 bridgehead atoms. The predicted octanol–water partition coefficient (Wildman–Crippen LogP) is 1.98. The van der Waals surface area contributed by atoms with Crippen molar-refractivity contribution in [2.75, 3.05) is 6.54 Å². The van der Waals surface area contributed by atoms with Gasteiger partial charge in [-0.15, -0.1) is 0 Å². The van der Waals surface area contributed by atoms with Crippen LogP contribution in [0.15, 0.2) is 10.6 Å². The Morgan fingerprint density at radius 2 is 2.24 bits per heavy atom. The Hall–Kier alpha value is -1.69. The summed E-state index contributed by atoms with van der Waals surface area (Å²) in [7, 11) is 0. The summed E-state index contributed by atoms with van der Waals surface area (Å²) in [4.78, 5) is 4.44. The summed E-state index contributed by atoms with van der Waals surface area (Å²) >= 11 is 0. The normalized spacial score (nSPS) is 16.3. The summed E-state index contributed by atoms with van der Waals surface area (Å²) in [5.74, 6) is 2.16. The minimum Gasteiger partial charge on any atom is -0.339 e. The third-order valence-corrected chi connectivity index (χ3v) is 3.80. The molecule has 6 nitrogen and oxygen atoms in total. The number of nitrogens with zero attached hydrogens (tertiary/aromatic N) is 4. The smallest absolute Gasteiger partial charge is 0.229 e. The summed E-state index contributed by atoms with van der Waals surface area (Å²) < 4.78 is 7.31. The van der Waals surface area contributed by atoms with Crippen LogP contribution in [0.2, 0.25) is 0 Å². The van der Waals surface area contributed by atoms with Crippen LogP contribution in [-0.2, 0) is 13.0 Å². The molecule has 21 heavy (non-hydrogen) atoms. The molecular formula is C15H23N5O. The molecule has 1 aliphatic carbocycles. The molecule has 0 amide bonds. The van der Waals surface area contributed by atoms with Gasteiger partial charge in [-0.3, -0.25) is 4.68 Å². The highest BCUT2D eigenvalue weighted by Crippen LogP contribution is 2.38. The molecule has 1 saturated carbocycles.